The predicted molar refractivity (Wildman–Crippen MR) is 82.5 cm³/mol. The maximum atomic E-state index is 5.56. The first kappa shape index (κ1) is 17.8. The Hall–Kier alpha value is -1.23. The third-order valence-corrected chi connectivity index (χ3v) is 2.72. The van der Waals surface area contributed by atoms with Gasteiger partial charge in [0.25, 0.3) is 0 Å². The van der Waals surface area contributed by atoms with Crippen molar-refractivity contribution < 1.29 is 4.74 Å². The van der Waals surface area contributed by atoms with Gasteiger partial charge in [0.2, 0.25) is 0 Å². The molecule has 0 amide bonds. The number of aryl methyl sites for hydroxylation is 1. The normalized spacial score (nSPS) is 9.42. The van der Waals surface area contributed by atoms with Crippen LogP contribution in [0.4, 0.5) is 0 Å². The fourth-order valence-corrected chi connectivity index (χ4v) is 1.85. The number of methoxy groups -OCH3 is 1. The summed E-state index contributed by atoms with van der Waals surface area (Å²) in [6, 6.07) is 7.88. The van der Waals surface area contributed by atoms with Gasteiger partial charge in [-0.05, 0) is 18.7 Å². The second kappa shape index (κ2) is 8.04. The molecule has 0 aliphatic carbocycles. The van der Waals surface area contributed by atoms with Crippen LogP contribution in [-0.4, -0.2) is 23.2 Å². The van der Waals surface area contributed by atoms with Gasteiger partial charge in [-0.1, -0.05) is 12.1 Å². The predicted octanol–water partition coefficient (Wildman–Crippen LogP) is 2.44. The smallest absolute Gasteiger partial charge is 0.128 e. The van der Waals surface area contributed by atoms with Gasteiger partial charge in [-0.15, -0.1) is 24.8 Å². The summed E-state index contributed by atoms with van der Waals surface area (Å²) in [5.41, 5.74) is 7.49. The number of ether oxygens (including phenoxy) is 1. The topological polar surface area (TPSA) is 53.1 Å². The summed E-state index contributed by atoms with van der Waals surface area (Å²) in [6.45, 7) is 0.607. The van der Waals surface area contributed by atoms with Crippen molar-refractivity contribution >= 4 is 24.8 Å². The van der Waals surface area contributed by atoms with E-state index in [1.807, 2.05) is 42.1 Å². The van der Waals surface area contributed by atoms with Crippen LogP contribution in [0, 0.1) is 0 Å². The summed E-state index contributed by atoms with van der Waals surface area (Å²) < 4.78 is 7.34. The quantitative estimate of drug-likeness (QED) is 0.944. The van der Waals surface area contributed by atoms with Crippen molar-refractivity contribution in [2.75, 3.05) is 13.7 Å². The lowest BCUT2D eigenvalue weighted by atomic mass is 10.1. The zero-order valence-electron chi connectivity index (χ0n) is 11.0. The van der Waals surface area contributed by atoms with Gasteiger partial charge in [-0.3, -0.25) is 0 Å². The van der Waals surface area contributed by atoms with Crippen LogP contribution in [0.5, 0.6) is 5.75 Å². The van der Waals surface area contributed by atoms with Gasteiger partial charge in [0.05, 0.1) is 12.8 Å². The number of imidazole rings is 1. The van der Waals surface area contributed by atoms with Gasteiger partial charge >= 0.3 is 0 Å². The van der Waals surface area contributed by atoms with Crippen molar-refractivity contribution in [2.24, 2.45) is 12.8 Å². The van der Waals surface area contributed by atoms with Crippen molar-refractivity contribution in [2.45, 2.75) is 6.42 Å². The molecule has 0 spiro atoms. The maximum Gasteiger partial charge on any atom is 0.128 e. The van der Waals surface area contributed by atoms with Crippen LogP contribution in [0.3, 0.4) is 0 Å². The molecule has 19 heavy (non-hydrogen) atoms. The fraction of sp³-hybridized carbons (Fsp3) is 0.308. The lowest BCUT2D eigenvalue weighted by molar-refractivity contribution is 0.416. The van der Waals surface area contributed by atoms with E-state index in [0.717, 1.165) is 29.3 Å². The van der Waals surface area contributed by atoms with Crippen LogP contribution in [0.15, 0.2) is 30.5 Å². The molecule has 2 N–H and O–H groups in total. The standard InChI is InChI=1S/C13H17N3O.2ClH/c1-16-9-11(15-13(16)7-8-14)10-5-3-4-6-12(10)17-2;;/h3-6,9H,7-8,14H2,1-2H3;2*1H. The molecular formula is C13H19Cl2N3O. The molecular weight excluding hydrogens is 285 g/mol. The van der Waals surface area contributed by atoms with Crippen LogP contribution >= 0.6 is 24.8 Å². The van der Waals surface area contributed by atoms with Crippen molar-refractivity contribution in [3.63, 3.8) is 0 Å². The fourth-order valence-electron chi connectivity index (χ4n) is 1.85. The van der Waals surface area contributed by atoms with Crippen LogP contribution in [0.25, 0.3) is 11.3 Å². The minimum absolute atomic E-state index is 0. The number of benzene rings is 1. The van der Waals surface area contributed by atoms with E-state index in [4.69, 9.17) is 10.5 Å². The monoisotopic (exact) mass is 303 g/mol. The Bertz CT molecular complexity index is 514. The third kappa shape index (κ3) is 3.86. The zero-order chi connectivity index (χ0) is 12.3. The Morgan fingerprint density at radius 3 is 2.58 bits per heavy atom. The highest BCUT2D eigenvalue weighted by atomic mass is 35.5. The lowest BCUT2D eigenvalue weighted by Gasteiger charge is -2.04. The van der Waals surface area contributed by atoms with Crippen molar-refractivity contribution in [3.05, 3.63) is 36.3 Å². The Kier molecular flexibility index (Phi) is 7.52. The number of nitrogens with two attached hydrogens (primary N) is 1. The first-order valence-electron chi connectivity index (χ1n) is 5.62. The molecule has 0 fully saturated rings. The molecule has 0 saturated heterocycles. The molecule has 106 valence electrons. The van der Waals surface area contributed by atoms with Crippen LogP contribution in [0.2, 0.25) is 0 Å². The Labute approximate surface area is 125 Å². The van der Waals surface area contributed by atoms with Gasteiger partial charge in [0.15, 0.2) is 0 Å². The van der Waals surface area contributed by atoms with Gasteiger partial charge in [0, 0.05) is 25.2 Å². The number of hydrogen-bond acceptors (Lipinski definition) is 3. The summed E-state index contributed by atoms with van der Waals surface area (Å²) in [6.07, 6.45) is 2.79. The third-order valence-electron chi connectivity index (χ3n) is 2.72. The number of rotatable bonds is 4. The molecule has 0 radical (unpaired) electrons. The second-order valence-corrected chi connectivity index (χ2v) is 3.89. The summed E-state index contributed by atoms with van der Waals surface area (Å²) >= 11 is 0. The lowest BCUT2D eigenvalue weighted by Crippen LogP contribution is -2.07. The highest BCUT2D eigenvalue weighted by Gasteiger charge is 2.10. The van der Waals surface area contributed by atoms with Crippen molar-refractivity contribution in [3.8, 4) is 17.0 Å². The molecule has 0 atom stereocenters. The summed E-state index contributed by atoms with van der Waals surface area (Å²) in [4.78, 5) is 4.58. The Morgan fingerprint density at radius 2 is 1.95 bits per heavy atom. The molecule has 6 heteroatoms. The van der Waals surface area contributed by atoms with E-state index in [-0.39, 0.29) is 24.8 Å². The molecule has 0 unspecified atom stereocenters. The number of halogens is 2. The number of aromatic nitrogens is 2. The molecule has 4 nitrogen and oxygen atoms in total. The first-order valence-corrected chi connectivity index (χ1v) is 5.62. The summed E-state index contributed by atoms with van der Waals surface area (Å²) in [7, 11) is 3.65. The molecule has 0 bridgehead atoms. The molecule has 1 heterocycles. The zero-order valence-corrected chi connectivity index (χ0v) is 12.6. The minimum atomic E-state index is 0. The van der Waals surface area contributed by atoms with Gasteiger partial charge in [0.1, 0.15) is 11.6 Å². The molecule has 0 aliphatic rings. The van der Waals surface area contributed by atoms with Gasteiger partial charge in [-0.25, -0.2) is 4.98 Å². The largest absolute Gasteiger partial charge is 0.496 e. The number of para-hydroxylation sites is 1. The average molecular weight is 304 g/mol. The highest BCUT2D eigenvalue weighted by Crippen LogP contribution is 2.28. The van der Waals surface area contributed by atoms with E-state index >= 15 is 0 Å². The maximum absolute atomic E-state index is 5.56. The highest BCUT2D eigenvalue weighted by molar-refractivity contribution is 5.85. The van der Waals surface area contributed by atoms with Crippen LogP contribution in [-0.2, 0) is 13.5 Å². The van der Waals surface area contributed by atoms with E-state index in [9.17, 15) is 0 Å². The summed E-state index contributed by atoms with van der Waals surface area (Å²) in [5.74, 6) is 1.83. The SMILES string of the molecule is COc1ccccc1-c1cn(C)c(CCN)n1.Cl.Cl. The second-order valence-electron chi connectivity index (χ2n) is 3.89. The van der Waals surface area contributed by atoms with E-state index < -0.39 is 0 Å². The van der Waals surface area contributed by atoms with Crippen LogP contribution < -0.4 is 10.5 Å². The Morgan fingerprint density at radius 1 is 1.26 bits per heavy atom. The molecule has 1 aromatic carbocycles. The Balaban J connectivity index is 0.00000162. The van der Waals surface area contributed by atoms with E-state index in [1.54, 1.807) is 7.11 Å². The van der Waals surface area contributed by atoms with E-state index in [0.29, 0.717) is 6.54 Å². The number of hydrogen-bond donors (Lipinski definition) is 1. The van der Waals surface area contributed by atoms with Gasteiger partial charge in [-0.2, -0.15) is 0 Å². The van der Waals surface area contributed by atoms with Crippen molar-refractivity contribution in [1.29, 1.82) is 0 Å². The molecule has 2 aromatic rings. The van der Waals surface area contributed by atoms with Crippen molar-refractivity contribution in [1.82, 2.24) is 9.55 Å². The number of nitrogens with zero attached hydrogens (tertiary/aromatic N) is 2. The molecule has 0 saturated carbocycles. The first-order chi connectivity index (χ1) is 8.26. The van der Waals surface area contributed by atoms with Crippen LogP contribution in [0.1, 0.15) is 5.82 Å². The molecule has 0 aliphatic heterocycles. The van der Waals surface area contributed by atoms with Gasteiger partial charge < -0.3 is 15.0 Å². The minimum Gasteiger partial charge on any atom is -0.496 e. The summed E-state index contributed by atoms with van der Waals surface area (Å²) in [5, 5.41) is 0. The van der Waals surface area contributed by atoms with E-state index in [2.05, 4.69) is 4.98 Å². The molecule has 1 aromatic heterocycles. The molecule has 2 rings (SSSR count). The average Bonchev–Trinajstić information content (AvgIpc) is 2.71. The van der Waals surface area contributed by atoms with E-state index in [1.165, 1.54) is 0 Å².